The lowest BCUT2D eigenvalue weighted by atomic mass is 10.2. The van der Waals surface area contributed by atoms with Gasteiger partial charge < -0.3 is 9.30 Å². The molecule has 1 saturated heterocycles. The van der Waals surface area contributed by atoms with E-state index in [1.165, 1.54) is 12.1 Å². The second-order valence-electron chi connectivity index (χ2n) is 9.21. The predicted molar refractivity (Wildman–Crippen MR) is 133 cm³/mol. The Hall–Kier alpha value is -3.36. The lowest BCUT2D eigenvalue weighted by molar-refractivity contribution is 0.240. The van der Waals surface area contributed by atoms with Gasteiger partial charge in [-0.05, 0) is 67.5 Å². The van der Waals surface area contributed by atoms with Crippen molar-refractivity contribution in [2.45, 2.75) is 26.1 Å². The monoisotopic (exact) mass is 494 g/mol. The SMILES string of the molecule is COc1ccc(F)c(CN2CCCN(Cc3nc4ccccc4n3Cc3ccc(F)c(F)c3)CC2)c1. The van der Waals surface area contributed by atoms with Crippen LogP contribution in [0.2, 0.25) is 0 Å². The van der Waals surface area contributed by atoms with Gasteiger partial charge in [0, 0.05) is 31.7 Å². The van der Waals surface area contributed by atoms with E-state index in [2.05, 4.69) is 14.4 Å². The first-order valence-electron chi connectivity index (χ1n) is 12.2. The molecule has 1 aliphatic rings. The van der Waals surface area contributed by atoms with Crippen LogP contribution in [-0.4, -0.2) is 52.6 Å². The van der Waals surface area contributed by atoms with Crippen molar-refractivity contribution in [1.29, 1.82) is 0 Å². The molecule has 1 fully saturated rings. The van der Waals surface area contributed by atoms with Crippen LogP contribution in [0.25, 0.3) is 11.0 Å². The number of benzene rings is 3. The molecule has 8 heteroatoms. The van der Waals surface area contributed by atoms with E-state index in [0.717, 1.165) is 55.5 Å². The number of imidazole rings is 1. The average Bonchev–Trinajstić information content (AvgIpc) is 3.05. The summed E-state index contributed by atoms with van der Waals surface area (Å²) in [5.41, 5.74) is 3.15. The van der Waals surface area contributed by atoms with Gasteiger partial charge in [0.05, 0.1) is 24.7 Å². The molecule has 0 atom stereocenters. The first kappa shape index (κ1) is 24.3. The second kappa shape index (κ2) is 10.7. The maximum Gasteiger partial charge on any atom is 0.159 e. The standard InChI is InChI=1S/C28H29F3N4O/c1-36-22-8-10-23(29)21(16-22)18-33-11-4-12-34(14-13-33)19-28-32-26-5-2-3-6-27(26)35(28)17-20-7-9-24(30)25(31)15-20/h2-3,5-10,15-16H,4,11-14,17-19H2,1H3. The van der Waals surface area contributed by atoms with E-state index < -0.39 is 11.6 Å². The van der Waals surface area contributed by atoms with E-state index >= 15 is 0 Å². The fourth-order valence-corrected chi connectivity index (χ4v) is 4.82. The molecular formula is C28H29F3N4O. The van der Waals surface area contributed by atoms with Gasteiger partial charge in [0.15, 0.2) is 11.6 Å². The van der Waals surface area contributed by atoms with Crippen molar-refractivity contribution in [1.82, 2.24) is 19.4 Å². The lowest BCUT2D eigenvalue weighted by Gasteiger charge is -2.22. The quantitative estimate of drug-likeness (QED) is 0.353. The Morgan fingerprint density at radius 1 is 0.778 bits per heavy atom. The third-order valence-electron chi connectivity index (χ3n) is 6.75. The number of aromatic nitrogens is 2. The van der Waals surface area contributed by atoms with Crippen LogP contribution in [0.3, 0.4) is 0 Å². The molecule has 1 aliphatic heterocycles. The summed E-state index contributed by atoms with van der Waals surface area (Å²) in [6.45, 7) is 4.97. The van der Waals surface area contributed by atoms with Crippen LogP contribution >= 0.6 is 0 Å². The van der Waals surface area contributed by atoms with Gasteiger partial charge in [-0.25, -0.2) is 18.2 Å². The molecule has 188 valence electrons. The zero-order valence-corrected chi connectivity index (χ0v) is 20.3. The minimum Gasteiger partial charge on any atom is -0.497 e. The maximum atomic E-state index is 14.4. The molecule has 3 aromatic carbocycles. The summed E-state index contributed by atoms with van der Waals surface area (Å²) >= 11 is 0. The Bertz CT molecular complexity index is 1360. The van der Waals surface area contributed by atoms with Gasteiger partial charge in [0.25, 0.3) is 0 Å². The summed E-state index contributed by atoms with van der Waals surface area (Å²) in [6, 6.07) is 16.7. The van der Waals surface area contributed by atoms with Crippen molar-refractivity contribution in [2.24, 2.45) is 0 Å². The largest absolute Gasteiger partial charge is 0.497 e. The van der Waals surface area contributed by atoms with Crippen LogP contribution in [0.15, 0.2) is 60.7 Å². The highest BCUT2D eigenvalue weighted by molar-refractivity contribution is 5.76. The summed E-state index contributed by atoms with van der Waals surface area (Å²) in [7, 11) is 1.58. The highest BCUT2D eigenvalue weighted by Crippen LogP contribution is 2.22. The molecule has 0 spiro atoms. The molecule has 2 heterocycles. The van der Waals surface area contributed by atoms with Gasteiger partial charge in [-0.3, -0.25) is 9.80 Å². The van der Waals surface area contributed by atoms with Gasteiger partial charge in [0.2, 0.25) is 0 Å². The molecule has 4 aromatic rings. The molecule has 0 bridgehead atoms. The number of rotatable bonds is 7. The summed E-state index contributed by atoms with van der Waals surface area (Å²) in [5.74, 6) is -0.380. The number of para-hydroxylation sites is 2. The van der Waals surface area contributed by atoms with Crippen LogP contribution in [0, 0.1) is 17.5 Å². The van der Waals surface area contributed by atoms with Gasteiger partial charge in [-0.2, -0.15) is 0 Å². The molecule has 5 nitrogen and oxygen atoms in total. The minimum absolute atomic E-state index is 0.220. The number of methoxy groups -OCH3 is 1. The highest BCUT2D eigenvalue weighted by atomic mass is 19.2. The number of nitrogens with zero attached hydrogens (tertiary/aromatic N) is 4. The number of halogens is 3. The normalized spacial score (nSPS) is 15.3. The number of ether oxygens (including phenoxy) is 1. The summed E-state index contributed by atoms with van der Waals surface area (Å²) < 4.78 is 49.0. The molecule has 0 radical (unpaired) electrons. The molecule has 0 N–H and O–H groups in total. The fourth-order valence-electron chi connectivity index (χ4n) is 4.82. The van der Waals surface area contributed by atoms with Crippen LogP contribution in [0.4, 0.5) is 13.2 Å². The van der Waals surface area contributed by atoms with Gasteiger partial charge in [-0.1, -0.05) is 18.2 Å². The van der Waals surface area contributed by atoms with E-state index in [1.807, 2.05) is 24.3 Å². The Morgan fingerprint density at radius 2 is 1.53 bits per heavy atom. The van der Waals surface area contributed by atoms with Crippen molar-refractivity contribution in [3.8, 4) is 5.75 Å². The Balaban J connectivity index is 1.31. The molecule has 1 aromatic heterocycles. The van der Waals surface area contributed by atoms with Gasteiger partial charge in [0.1, 0.15) is 17.4 Å². The van der Waals surface area contributed by atoms with Crippen molar-refractivity contribution < 1.29 is 17.9 Å². The zero-order valence-electron chi connectivity index (χ0n) is 20.3. The predicted octanol–water partition coefficient (Wildman–Crippen LogP) is 5.22. The minimum atomic E-state index is -0.850. The topological polar surface area (TPSA) is 33.5 Å². The van der Waals surface area contributed by atoms with E-state index in [9.17, 15) is 13.2 Å². The van der Waals surface area contributed by atoms with Crippen molar-refractivity contribution in [2.75, 3.05) is 33.3 Å². The van der Waals surface area contributed by atoms with Crippen molar-refractivity contribution in [3.63, 3.8) is 0 Å². The lowest BCUT2D eigenvalue weighted by Crippen LogP contribution is -2.31. The summed E-state index contributed by atoms with van der Waals surface area (Å²) in [6.07, 6.45) is 0.953. The van der Waals surface area contributed by atoms with E-state index in [-0.39, 0.29) is 5.82 Å². The van der Waals surface area contributed by atoms with Crippen LogP contribution < -0.4 is 4.74 Å². The molecule has 0 amide bonds. The van der Waals surface area contributed by atoms with Crippen molar-refractivity contribution in [3.05, 3.63) is 95.1 Å². The Labute approximate surface area is 208 Å². The van der Waals surface area contributed by atoms with Crippen molar-refractivity contribution >= 4 is 11.0 Å². The molecule has 0 saturated carbocycles. The fraction of sp³-hybridized carbons (Fsp3) is 0.321. The third kappa shape index (κ3) is 5.39. The molecule has 36 heavy (non-hydrogen) atoms. The third-order valence-corrected chi connectivity index (χ3v) is 6.75. The first-order chi connectivity index (χ1) is 17.5. The molecule has 0 aliphatic carbocycles. The van der Waals surface area contributed by atoms with E-state index in [4.69, 9.17) is 9.72 Å². The summed E-state index contributed by atoms with van der Waals surface area (Å²) in [4.78, 5) is 9.49. The second-order valence-corrected chi connectivity index (χ2v) is 9.21. The van der Waals surface area contributed by atoms with Crippen LogP contribution in [0.5, 0.6) is 5.75 Å². The maximum absolute atomic E-state index is 14.4. The molecule has 5 rings (SSSR count). The molecule has 0 unspecified atom stereocenters. The smallest absolute Gasteiger partial charge is 0.159 e. The highest BCUT2D eigenvalue weighted by Gasteiger charge is 2.20. The van der Waals surface area contributed by atoms with Gasteiger partial charge >= 0.3 is 0 Å². The first-order valence-corrected chi connectivity index (χ1v) is 12.2. The number of fused-ring (bicyclic) bond motifs is 1. The number of hydrogen-bond donors (Lipinski definition) is 0. The van der Waals surface area contributed by atoms with E-state index in [0.29, 0.717) is 36.5 Å². The average molecular weight is 495 g/mol. The Kier molecular flexibility index (Phi) is 7.25. The molecular weight excluding hydrogens is 465 g/mol. The van der Waals surface area contributed by atoms with E-state index in [1.54, 1.807) is 25.3 Å². The zero-order chi connectivity index (χ0) is 25.1. The summed E-state index contributed by atoms with van der Waals surface area (Å²) in [5, 5.41) is 0. The Morgan fingerprint density at radius 3 is 2.31 bits per heavy atom. The van der Waals surface area contributed by atoms with Crippen LogP contribution in [0.1, 0.15) is 23.4 Å². The van der Waals surface area contributed by atoms with Gasteiger partial charge in [-0.15, -0.1) is 0 Å². The number of hydrogen-bond acceptors (Lipinski definition) is 4. The van der Waals surface area contributed by atoms with Crippen LogP contribution in [-0.2, 0) is 19.6 Å².